The van der Waals surface area contributed by atoms with E-state index in [4.69, 9.17) is 4.42 Å². The van der Waals surface area contributed by atoms with Crippen LogP contribution in [0.4, 0.5) is 0 Å². The zero-order valence-corrected chi connectivity index (χ0v) is 16.3. The number of likely N-dealkylation sites (tertiary alicyclic amines) is 1. The van der Waals surface area contributed by atoms with Gasteiger partial charge in [-0.2, -0.15) is 0 Å². The van der Waals surface area contributed by atoms with Gasteiger partial charge in [0.15, 0.2) is 5.58 Å². The van der Waals surface area contributed by atoms with E-state index >= 15 is 0 Å². The van der Waals surface area contributed by atoms with Crippen molar-refractivity contribution >= 4 is 35.9 Å². The van der Waals surface area contributed by atoms with Gasteiger partial charge in [0, 0.05) is 25.7 Å². The fraction of sp³-hybridized carbons (Fsp3) is 0.350. The van der Waals surface area contributed by atoms with Crippen LogP contribution >= 0.6 is 24.8 Å². The number of para-hydroxylation sites is 2. The highest BCUT2D eigenvalue weighted by Crippen LogP contribution is 2.18. The van der Waals surface area contributed by atoms with E-state index < -0.39 is 0 Å². The van der Waals surface area contributed by atoms with Crippen LogP contribution in [0.25, 0.3) is 11.1 Å². The third-order valence-electron chi connectivity index (χ3n) is 4.72. The van der Waals surface area contributed by atoms with E-state index in [1.165, 1.54) is 18.4 Å². The van der Waals surface area contributed by atoms with Gasteiger partial charge in [-0.05, 0) is 30.5 Å². The number of hydrogen-bond donors (Lipinski definition) is 1. The lowest BCUT2D eigenvalue weighted by molar-refractivity contribution is 0.176. The summed E-state index contributed by atoms with van der Waals surface area (Å²) in [7, 11) is 0. The van der Waals surface area contributed by atoms with Crippen LogP contribution in [0.1, 0.15) is 24.3 Å². The molecule has 1 aliphatic heterocycles. The Balaban J connectivity index is 0.00000121. The molecular formula is C20H25Cl2N3O. The second kappa shape index (κ2) is 9.93. The van der Waals surface area contributed by atoms with E-state index in [1.54, 1.807) is 0 Å². The van der Waals surface area contributed by atoms with Crippen molar-refractivity contribution in [1.82, 2.24) is 15.2 Å². The summed E-state index contributed by atoms with van der Waals surface area (Å²) >= 11 is 0. The summed E-state index contributed by atoms with van der Waals surface area (Å²) in [6.45, 7) is 3.94. The molecule has 2 aromatic carbocycles. The van der Waals surface area contributed by atoms with Gasteiger partial charge in [-0.25, -0.2) is 4.98 Å². The first-order chi connectivity index (χ1) is 11.9. The van der Waals surface area contributed by atoms with Crippen LogP contribution in [-0.2, 0) is 13.1 Å². The van der Waals surface area contributed by atoms with Crippen LogP contribution in [0.2, 0.25) is 0 Å². The van der Waals surface area contributed by atoms with Crippen LogP contribution in [0.15, 0.2) is 59.0 Å². The fourth-order valence-corrected chi connectivity index (χ4v) is 3.33. The summed E-state index contributed by atoms with van der Waals surface area (Å²) in [6, 6.07) is 19.2. The Bertz CT molecular complexity index is 753. The zero-order valence-electron chi connectivity index (χ0n) is 14.6. The van der Waals surface area contributed by atoms with Crippen molar-refractivity contribution in [2.24, 2.45) is 0 Å². The molecule has 6 heteroatoms. The summed E-state index contributed by atoms with van der Waals surface area (Å²) in [6.07, 6.45) is 2.35. The number of fused-ring (bicyclic) bond motifs is 1. The lowest BCUT2D eigenvalue weighted by Crippen LogP contribution is -2.41. The number of oxazole rings is 1. The summed E-state index contributed by atoms with van der Waals surface area (Å²) in [5.74, 6) is 0.826. The summed E-state index contributed by atoms with van der Waals surface area (Å²) in [5.41, 5.74) is 3.19. The lowest BCUT2D eigenvalue weighted by Gasteiger charge is -2.31. The van der Waals surface area contributed by atoms with Crippen LogP contribution in [0.3, 0.4) is 0 Å². The number of halogens is 2. The first-order valence-corrected chi connectivity index (χ1v) is 8.71. The molecule has 3 aromatic rings. The second-order valence-electron chi connectivity index (χ2n) is 6.49. The highest BCUT2D eigenvalue weighted by atomic mass is 35.5. The standard InChI is InChI=1S/C20H23N3O.2ClH/c1-2-6-16(7-3-1)14-21-17-10-12-23(13-11-17)15-20-22-18-8-4-5-9-19(18)24-20;;/h1-9,17,21H,10-15H2;2*1H. The van der Waals surface area contributed by atoms with Crippen molar-refractivity contribution in [1.29, 1.82) is 0 Å². The maximum Gasteiger partial charge on any atom is 0.209 e. The van der Waals surface area contributed by atoms with E-state index in [0.717, 1.165) is 43.2 Å². The third kappa shape index (κ3) is 5.21. The molecule has 0 saturated carbocycles. The number of benzene rings is 2. The largest absolute Gasteiger partial charge is 0.439 e. The quantitative estimate of drug-likeness (QED) is 0.695. The Morgan fingerprint density at radius 3 is 2.38 bits per heavy atom. The molecule has 1 aliphatic rings. The van der Waals surface area contributed by atoms with Crippen LogP contribution in [0, 0.1) is 0 Å². The minimum absolute atomic E-state index is 0. The van der Waals surface area contributed by atoms with Crippen LogP contribution in [-0.4, -0.2) is 29.0 Å². The van der Waals surface area contributed by atoms with Crippen molar-refractivity contribution in [3.05, 3.63) is 66.1 Å². The van der Waals surface area contributed by atoms with Crippen molar-refractivity contribution in [3.8, 4) is 0 Å². The molecule has 0 radical (unpaired) electrons. The molecular weight excluding hydrogens is 369 g/mol. The number of aromatic nitrogens is 1. The van der Waals surface area contributed by atoms with Crippen molar-refractivity contribution in [2.45, 2.75) is 32.0 Å². The lowest BCUT2D eigenvalue weighted by atomic mass is 10.0. The average molecular weight is 394 g/mol. The molecule has 0 aliphatic carbocycles. The zero-order chi connectivity index (χ0) is 16.2. The first-order valence-electron chi connectivity index (χ1n) is 8.71. The molecule has 1 fully saturated rings. The molecule has 0 atom stereocenters. The minimum atomic E-state index is 0. The van der Waals surface area contributed by atoms with Gasteiger partial charge in [0.05, 0.1) is 6.54 Å². The van der Waals surface area contributed by atoms with E-state index in [1.807, 2.05) is 24.3 Å². The van der Waals surface area contributed by atoms with Gasteiger partial charge in [0.1, 0.15) is 5.52 Å². The van der Waals surface area contributed by atoms with Gasteiger partial charge in [-0.1, -0.05) is 42.5 Å². The highest BCUT2D eigenvalue weighted by molar-refractivity contribution is 5.85. The normalized spacial score (nSPS) is 15.4. The molecule has 4 nitrogen and oxygen atoms in total. The number of nitrogens with zero attached hydrogens (tertiary/aromatic N) is 2. The molecule has 1 saturated heterocycles. The summed E-state index contributed by atoms with van der Waals surface area (Å²) in [4.78, 5) is 7.01. The van der Waals surface area contributed by atoms with E-state index in [-0.39, 0.29) is 24.8 Å². The molecule has 0 amide bonds. The van der Waals surface area contributed by atoms with E-state index in [0.29, 0.717) is 6.04 Å². The number of hydrogen-bond acceptors (Lipinski definition) is 4. The Labute approximate surface area is 166 Å². The molecule has 0 bridgehead atoms. The molecule has 26 heavy (non-hydrogen) atoms. The predicted octanol–water partition coefficient (Wildman–Crippen LogP) is 4.43. The summed E-state index contributed by atoms with van der Waals surface area (Å²) in [5, 5.41) is 3.68. The number of nitrogens with one attached hydrogen (secondary N) is 1. The first kappa shape index (κ1) is 20.7. The SMILES string of the molecule is Cl.Cl.c1ccc(CNC2CCN(Cc3nc4ccccc4o3)CC2)cc1. The highest BCUT2D eigenvalue weighted by Gasteiger charge is 2.20. The monoisotopic (exact) mass is 393 g/mol. The van der Waals surface area contributed by atoms with Crippen LogP contribution < -0.4 is 5.32 Å². The topological polar surface area (TPSA) is 41.3 Å². The van der Waals surface area contributed by atoms with Gasteiger partial charge < -0.3 is 9.73 Å². The predicted molar refractivity (Wildman–Crippen MR) is 110 cm³/mol. The molecule has 0 spiro atoms. The molecule has 0 unspecified atom stereocenters. The maximum absolute atomic E-state index is 5.83. The Morgan fingerprint density at radius 2 is 1.65 bits per heavy atom. The van der Waals surface area contributed by atoms with Crippen LogP contribution in [0.5, 0.6) is 0 Å². The second-order valence-corrected chi connectivity index (χ2v) is 6.49. The Kier molecular flexibility index (Phi) is 7.91. The Morgan fingerprint density at radius 1 is 0.962 bits per heavy atom. The average Bonchev–Trinajstić information content (AvgIpc) is 3.04. The molecule has 4 rings (SSSR count). The van der Waals surface area contributed by atoms with Crippen molar-refractivity contribution in [3.63, 3.8) is 0 Å². The fourth-order valence-electron chi connectivity index (χ4n) is 3.33. The molecule has 1 N–H and O–H groups in total. The van der Waals surface area contributed by atoms with E-state index in [2.05, 4.69) is 45.5 Å². The molecule has 140 valence electrons. The van der Waals surface area contributed by atoms with Gasteiger partial charge in [-0.15, -0.1) is 24.8 Å². The van der Waals surface area contributed by atoms with Gasteiger partial charge in [0.25, 0.3) is 0 Å². The smallest absolute Gasteiger partial charge is 0.209 e. The van der Waals surface area contributed by atoms with E-state index in [9.17, 15) is 0 Å². The van der Waals surface area contributed by atoms with Gasteiger partial charge in [-0.3, -0.25) is 4.90 Å². The van der Waals surface area contributed by atoms with Crippen molar-refractivity contribution in [2.75, 3.05) is 13.1 Å². The molecule has 1 aromatic heterocycles. The number of piperidine rings is 1. The summed E-state index contributed by atoms with van der Waals surface area (Å²) < 4.78 is 5.83. The number of rotatable bonds is 5. The third-order valence-corrected chi connectivity index (χ3v) is 4.72. The maximum atomic E-state index is 5.83. The van der Waals surface area contributed by atoms with Gasteiger partial charge >= 0.3 is 0 Å². The minimum Gasteiger partial charge on any atom is -0.439 e. The Hall–Kier alpha value is -1.59. The van der Waals surface area contributed by atoms with Crippen molar-refractivity contribution < 1.29 is 4.42 Å². The molecule has 2 heterocycles. The van der Waals surface area contributed by atoms with Gasteiger partial charge in [0.2, 0.25) is 5.89 Å².